The van der Waals surface area contributed by atoms with Crippen molar-refractivity contribution in [2.24, 2.45) is 5.73 Å². The van der Waals surface area contributed by atoms with Crippen LogP contribution in [0.1, 0.15) is 31.2 Å². The summed E-state index contributed by atoms with van der Waals surface area (Å²) >= 11 is 1.21. The van der Waals surface area contributed by atoms with Crippen molar-refractivity contribution in [2.75, 3.05) is 6.26 Å². The van der Waals surface area contributed by atoms with E-state index in [1.165, 1.54) is 17.8 Å². The smallest absolute Gasteiger partial charge is 0.145 e. The van der Waals surface area contributed by atoms with Crippen molar-refractivity contribution in [1.82, 2.24) is 0 Å². The summed E-state index contributed by atoms with van der Waals surface area (Å²) in [6.45, 7) is 0. The Labute approximate surface area is 99.0 Å². The lowest BCUT2D eigenvalue weighted by Gasteiger charge is -2.25. The first-order chi connectivity index (χ1) is 7.58. The molecule has 1 fully saturated rings. The highest BCUT2D eigenvalue weighted by Gasteiger charge is 2.34. The highest BCUT2D eigenvalue weighted by molar-refractivity contribution is 7.98. The van der Waals surface area contributed by atoms with Crippen LogP contribution in [0.25, 0.3) is 0 Å². The summed E-state index contributed by atoms with van der Waals surface area (Å²) in [5.74, 6) is -0.354. The zero-order valence-corrected chi connectivity index (χ0v) is 10.1. The van der Waals surface area contributed by atoms with Gasteiger partial charge in [-0.1, -0.05) is 18.9 Å². The predicted molar refractivity (Wildman–Crippen MR) is 64.2 cm³/mol. The van der Waals surface area contributed by atoms with Gasteiger partial charge in [-0.15, -0.1) is 11.8 Å². The molecule has 2 nitrogen and oxygen atoms in total. The van der Waals surface area contributed by atoms with Crippen molar-refractivity contribution in [1.29, 1.82) is 0 Å². The van der Waals surface area contributed by atoms with Crippen LogP contribution < -0.4 is 5.73 Å². The van der Waals surface area contributed by atoms with E-state index < -0.39 is 5.54 Å². The Morgan fingerprint density at radius 2 is 2.00 bits per heavy atom. The first kappa shape index (κ1) is 11.7. The second kappa shape index (κ2) is 4.26. The van der Waals surface area contributed by atoms with Crippen molar-refractivity contribution in [3.8, 4) is 5.75 Å². The van der Waals surface area contributed by atoms with Crippen molar-refractivity contribution < 1.29 is 9.50 Å². The van der Waals surface area contributed by atoms with Gasteiger partial charge in [-0.25, -0.2) is 4.39 Å². The summed E-state index contributed by atoms with van der Waals surface area (Å²) in [5, 5.41) is 9.54. The zero-order valence-electron chi connectivity index (χ0n) is 9.29. The molecule has 0 heterocycles. The van der Waals surface area contributed by atoms with Crippen LogP contribution in [0.2, 0.25) is 0 Å². The molecule has 0 saturated heterocycles. The van der Waals surface area contributed by atoms with E-state index in [9.17, 15) is 9.50 Å². The van der Waals surface area contributed by atoms with Crippen LogP contribution in [-0.2, 0) is 5.54 Å². The first-order valence-electron chi connectivity index (χ1n) is 5.43. The van der Waals surface area contributed by atoms with E-state index in [2.05, 4.69) is 0 Å². The minimum Gasteiger partial charge on any atom is -0.507 e. The Morgan fingerprint density at radius 3 is 2.56 bits per heavy atom. The number of rotatable bonds is 2. The number of nitrogens with two attached hydrogens (primary N) is 1. The van der Waals surface area contributed by atoms with Crippen LogP contribution in [0, 0.1) is 5.82 Å². The van der Waals surface area contributed by atoms with Crippen LogP contribution in [-0.4, -0.2) is 11.4 Å². The van der Waals surface area contributed by atoms with Gasteiger partial charge in [-0.3, -0.25) is 0 Å². The molecule has 1 aliphatic rings. The molecule has 4 heteroatoms. The molecular formula is C12H16FNOS. The molecule has 16 heavy (non-hydrogen) atoms. The summed E-state index contributed by atoms with van der Waals surface area (Å²) in [4.78, 5) is 0.300. The molecule has 0 amide bonds. The third-order valence-electron chi connectivity index (χ3n) is 3.31. The van der Waals surface area contributed by atoms with Gasteiger partial charge in [-0.2, -0.15) is 0 Å². The van der Waals surface area contributed by atoms with Crippen molar-refractivity contribution >= 4 is 11.8 Å². The van der Waals surface area contributed by atoms with Crippen LogP contribution >= 0.6 is 11.8 Å². The van der Waals surface area contributed by atoms with Crippen LogP contribution in [0.15, 0.2) is 17.0 Å². The number of phenols is 1. The molecule has 1 aromatic carbocycles. The third-order valence-corrected chi connectivity index (χ3v) is 4.11. The van der Waals surface area contributed by atoms with Gasteiger partial charge in [0.05, 0.1) is 4.90 Å². The third kappa shape index (κ3) is 1.80. The van der Waals surface area contributed by atoms with Crippen molar-refractivity contribution in [3.05, 3.63) is 23.5 Å². The molecule has 1 aliphatic carbocycles. The minimum atomic E-state index is -0.539. The van der Waals surface area contributed by atoms with E-state index in [0.717, 1.165) is 25.7 Å². The SMILES string of the molecule is CSc1c(O)ccc(C2(N)CCCC2)c1F. The average molecular weight is 241 g/mol. The molecule has 0 unspecified atom stereocenters. The molecule has 1 aromatic rings. The van der Waals surface area contributed by atoms with Gasteiger partial charge >= 0.3 is 0 Å². The van der Waals surface area contributed by atoms with Gasteiger partial charge in [0.1, 0.15) is 11.6 Å². The fourth-order valence-electron chi connectivity index (χ4n) is 2.40. The van der Waals surface area contributed by atoms with E-state index in [1.54, 1.807) is 12.3 Å². The van der Waals surface area contributed by atoms with Gasteiger partial charge in [0.25, 0.3) is 0 Å². The standard InChI is InChI=1S/C12H16FNOS/c1-16-11-9(15)5-4-8(10(11)13)12(14)6-2-3-7-12/h4-5,15H,2-3,6-7,14H2,1H3. The number of benzene rings is 1. The topological polar surface area (TPSA) is 46.2 Å². The normalized spacial score (nSPS) is 18.9. The number of phenolic OH excluding ortho intramolecular Hbond substituents is 1. The molecule has 0 aliphatic heterocycles. The Balaban J connectivity index is 2.49. The fourth-order valence-corrected chi connectivity index (χ4v) is 2.97. The maximum absolute atomic E-state index is 14.2. The number of hydrogen-bond donors (Lipinski definition) is 2. The molecule has 0 bridgehead atoms. The molecular weight excluding hydrogens is 225 g/mol. The number of thioether (sulfide) groups is 1. The predicted octanol–water partition coefficient (Wildman–Crippen LogP) is 2.98. The quantitative estimate of drug-likeness (QED) is 0.782. The number of aromatic hydroxyl groups is 1. The maximum atomic E-state index is 14.2. The summed E-state index contributed by atoms with van der Waals surface area (Å²) in [7, 11) is 0. The molecule has 88 valence electrons. The monoisotopic (exact) mass is 241 g/mol. The maximum Gasteiger partial charge on any atom is 0.145 e. The lowest BCUT2D eigenvalue weighted by molar-refractivity contribution is 0.411. The number of hydrogen-bond acceptors (Lipinski definition) is 3. The van der Waals surface area contributed by atoms with Gasteiger partial charge in [0, 0.05) is 11.1 Å². The second-order valence-electron chi connectivity index (χ2n) is 4.34. The lowest BCUT2D eigenvalue weighted by Crippen LogP contribution is -2.34. The van der Waals surface area contributed by atoms with Crippen LogP contribution in [0.5, 0.6) is 5.75 Å². The molecule has 3 N–H and O–H groups in total. The van der Waals surface area contributed by atoms with Gasteiger partial charge < -0.3 is 10.8 Å². The van der Waals surface area contributed by atoms with Gasteiger partial charge in [0.2, 0.25) is 0 Å². The summed E-state index contributed by atoms with van der Waals surface area (Å²) in [6.07, 6.45) is 5.49. The Bertz CT molecular complexity index is 402. The highest BCUT2D eigenvalue weighted by Crippen LogP contribution is 2.41. The molecule has 0 aromatic heterocycles. The zero-order chi connectivity index (χ0) is 11.8. The Hall–Kier alpha value is -0.740. The van der Waals surface area contributed by atoms with Gasteiger partial charge in [-0.05, 0) is 25.2 Å². The molecule has 0 spiro atoms. The summed E-state index contributed by atoms with van der Waals surface area (Å²) in [6, 6.07) is 3.16. The fraction of sp³-hybridized carbons (Fsp3) is 0.500. The van der Waals surface area contributed by atoms with E-state index >= 15 is 0 Å². The molecule has 2 rings (SSSR count). The van der Waals surface area contributed by atoms with Gasteiger partial charge in [0.15, 0.2) is 0 Å². The van der Waals surface area contributed by atoms with Crippen LogP contribution in [0.4, 0.5) is 4.39 Å². The van der Waals surface area contributed by atoms with E-state index in [-0.39, 0.29) is 11.6 Å². The van der Waals surface area contributed by atoms with Crippen molar-refractivity contribution in [2.45, 2.75) is 36.1 Å². The highest BCUT2D eigenvalue weighted by atomic mass is 32.2. The van der Waals surface area contributed by atoms with Crippen molar-refractivity contribution in [3.63, 3.8) is 0 Å². The van der Waals surface area contributed by atoms with Crippen LogP contribution in [0.3, 0.4) is 0 Å². The summed E-state index contributed by atoms with van der Waals surface area (Å²) < 4.78 is 14.2. The Morgan fingerprint density at radius 1 is 1.38 bits per heavy atom. The van der Waals surface area contributed by atoms with E-state index in [4.69, 9.17) is 5.73 Å². The number of halogens is 1. The van der Waals surface area contributed by atoms with E-state index in [0.29, 0.717) is 10.5 Å². The first-order valence-corrected chi connectivity index (χ1v) is 6.66. The largest absolute Gasteiger partial charge is 0.507 e. The second-order valence-corrected chi connectivity index (χ2v) is 5.16. The lowest BCUT2D eigenvalue weighted by atomic mass is 9.89. The average Bonchev–Trinajstić information content (AvgIpc) is 2.66. The molecule has 1 saturated carbocycles. The Kier molecular flexibility index (Phi) is 3.13. The summed E-state index contributed by atoms with van der Waals surface area (Å²) in [5.41, 5.74) is 6.23. The minimum absolute atomic E-state index is 0.00431. The van der Waals surface area contributed by atoms with E-state index in [1.807, 2.05) is 0 Å². The molecule has 0 radical (unpaired) electrons. The molecule has 0 atom stereocenters.